The minimum atomic E-state index is 0.0755. The largest absolute Gasteiger partial charge is 0.359 e. The standard InChI is InChI=1S/C10H16N4O/c1-2-11-10(15)7-14-5-3-4-8-9(14)6-12-13-8/h6H,2-5,7H2,1H3,(H,11,15)(H,12,13). The second-order valence-corrected chi connectivity index (χ2v) is 3.71. The van der Waals surface area contributed by atoms with Crippen LogP contribution >= 0.6 is 0 Å². The number of nitrogens with zero attached hydrogens (tertiary/aromatic N) is 2. The zero-order chi connectivity index (χ0) is 10.7. The number of nitrogens with one attached hydrogen (secondary N) is 2. The maximum Gasteiger partial charge on any atom is 0.239 e. The Morgan fingerprint density at radius 2 is 2.60 bits per heavy atom. The van der Waals surface area contributed by atoms with E-state index in [0.717, 1.165) is 30.8 Å². The molecule has 5 heteroatoms. The number of aryl methyl sites for hydroxylation is 1. The number of amides is 1. The first-order valence-corrected chi connectivity index (χ1v) is 5.35. The molecule has 2 heterocycles. The lowest BCUT2D eigenvalue weighted by Crippen LogP contribution is -2.39. The van der Waals surface area contributed by atoms with Crippen LogP contribution in [0.15, 0.2) is 6.20 Å². The predicted molar refractivity (Wildman–Crippen MR) is 57.8 cm³/mol. The van der Waals surface area contributed by atoms with Gasteiger partial charge in [0.15, 0.2) is 0 Å². The Kier molecular flexibility index (Phi) is 2.89. The van der Waals surface area contributed by atoms with E-state index in [0.29, 0.717) is 13.1 Å². The van der Waals surface area contributed by atoms with Crippen molar-refractivity contribution in [3.8, 4) is 0 Å². The van der Waals surface area contributed by atoms with Crippen LogP contribution in [0.25, 0.3) is 0 Å². The Balaban J connectivity index is 2.03. The Bertz CT molecular complexity index is 347. The molecular weight excluding hydrogens is 192 g/mol. The number of likely N-dealkylation sites (N-methyl/N-ethyl adjacent to an activating group) is 1. The minimum absolute atomic E-state index is 0.0755. The highest BCUT2D eigenvalue weighted by atomic mass is 16.2. The quantitative estimate of drug-likeness (QED) is 0.751. The van der Waals surface area contributed by atoms with Gasteiger partial charge in [-0.15, -0.1) is 0 Å². The summed E-state index contributed by atoms with van der Waals surface area (Å²) in [5.74, 6) is 0.0755. The predicted octanol–water partition coefficient (Wildman–Crippen LogP) is 0.298. The third-order valence-corrected chi connectivity index (χ3v) is 2.60. The number of rotatable bonds is 3. The molecule has 0 atom stereocenters. The first-order valence-electron chi connectivity index (χ1n) is 5.35. The summed E-state index contributed by atoms with van der Waals surface area (Å²) >= 11 is 0. The van der Waals surface area contributed by atoms with Crippen molar-refractivity contribution in [2.75, 3.05) is 24.5 Å². The van der Waals surface area contributed by atoms with Gasteiger partial charge in [-0.25, -0.2) is 0 Å². The normalized spacial score (nSPS) is 14.9. The Morgan fingerprint density at radius 1 is 1.73 bits per heavy atom. The second kappa shape index (κ2) is 4.33. The van der Waals surface area contributed by atoms with Crippen molar-refractivity contribution in [2.45, 2.75) is 19.8 Å². The molecule has 2 N–H and O–H groups in total. The van der Waals surface area contributed by atoms with Gasteiger partial charge in [0.2, 0.25) is 5.91 Å². The molecule has 82 valence electrons. The zero-order valence-corrected chi connectivity index (χ0v) is 8.92. The summed E-state index contributed by atoms with van der Waals surface area (Å²) in [6.45, 7) is 3.98. The van der Waals surface area contributed by atoms with Gasteiger partial charge in [0.25, 0.3) is 0 Å². The third-order valence-electron chi connectivity index (χ3n) is 2.60. The van der Waals surface area contributed by atoms with Crippen LogP contribution in [-0.2, 0) is 11.2 Å². The fourth-order valence-corrected chi connectivity index (χ4v) is 1.92. The number of aromatic nitrogens is 2. The van der Waals surface area contributed by atoms with Gasteiger partial charge in [-0.05, 0) is 19.8 Å². The topological polar surface area (TPSA) is 61.0 Å². The molecule has 0 unspecified atom stereocenters. The van der Waals surface area contributed by atoms with Crippen molar-refractivity contribution in [1.29, 1.82) is 0 Å². The molecule has 0 fully saturated rings. The highest BCUT2D eigenvalue weighted by Crippen LogP contribution is 2.23. The molecule has 1 aliphatic heterocycles. The van der Waals surface area contributed by atoms with Crippen LogP contribution in [0.2, 0.25) is 0 Å². The second-order valence-electron chi connectivity index (χ2n) is 3.71. The maximum absolute atomic E-state index is 11.5. The molecule has 15 heavy (non-hydrogen) atoms. The van der Waals surface area contributed by atoms with Crippen molar-refractivity contribution in [3.05, 3.63) is 11.9 Å². The van der Waals surface area contributed by atoms with Gasteiger partial charge in [0.1, 0.15) is 0 Å². The van der Waals surface area contributed by atoms with Gasteiger partial charge < -0.3 is 10.2 Å². The van der Waals surface area contributed by atoms with E-state index in [4.69, 9.17) is 0 Å². The fraction of sp³-hybridized carbons (Fsp3) is 0.600. The van der Waals surface area contributed by atoms with Crippen LogP contribution in [0.3, 0.4) is 0 Å². The van der Waals surface area contributed by atoms with Gasteiger partial charge in [0.05, 0.1) is 24.1 Å². The molecule has 0 spiro atoms. The number of hydrogen-bond acceptors (Lipinski definition) is 3. The van der Waals surface area contributed by atoms with Gasteiger partial charge >= 0.3 is 0 Å². The van der Waals surface area contributed by atoms with E-state index in [2.05, 4.69) is 20.4 Å². The van der Waals surface area contributed by atoms with E-state index in [9.17, 15) is 4.79 Å². The molecule has 0 saturated carbocycles. The van der Waals surface area contributed by atoms with Crippen molar-refractivity contribution in [2.24, 2.45) is 0 Å². The molecular formula is C10H16N4O. The summed E-state index contributed by atoms with van der Waals surface area (Å²) in [5, 5.41) is 9.78. The van der Waals surface area contributed by atoms with E-state index in [1.165, 1.54) is 0 Å². The molecule has 1 amide bonds. The van der Waals surface area contributed by atoms with Crippen LogP contribution in [0.1, 0.15) is 19.0 Å². The number of aromatic amines is 1. The highest BCUT2D eigenvalue weighted by molar-refractivity contribution is 5.81. The number of H-pyrrole nitrogens is 1. The van der Waals surface area contributed by atoms with Crippen molar-refractivity contribution in [3.63, 3.8) is 0 Å². The van der Waals surface area contributed by atoms with Crippen LogP contribution in [0.5, 0.6) is 0 Å². The van der Waals surface area contributed by atoms with Crippen LogP contribution < -0.4 is 10.2 Å². The van der Waals surface area contributed by atoms with E-state index in [1.807, 2.05) is 6.92 Å². The molecule has 5 nitrogen and oxygen atoms in total. The molecule has 2 rings (SSSR count). The summed E-state index contributed by atoms with van der Waals surface area (Å²) in [6, 6.07) is 0. The molecule has 0 bridgehead atoms. The smallest absolute Gasteiger partial charge is 0.239 e. The molecule has 0 radical (unpaired) electrons. The van der Waals surface area contributed by atoms with Gasteiger partial charge in [-0.3, -0.25) is 9.89 Å². The number of hydrogen-bond donors (Lipinski definition) is 2. The summed E-state index contributed by atoms with van der Waals surface area (Å²) in [4.78, 5) is 13.5. The summed E-state index contributed by atoms with van der Waals surface area (Å²) in [5.41, 5.74) is 2.22. The van der Waals surface area contributed by atoms with Gasteiger partial charge in [0, 0.05) is 13.1 Å². The van der Waals surface area contributed by atoms with Crippen LogP contribution in [-0.4, -0.2) is 35.7 Å². The summed E-state index contributed by atoms with van der Waals surface area (Å²) < 4.78 is 0. The molecule has 0 saturated heterocycles. The first kappa shape index (κ1) is 10.0. The Morgan fingerprint density at radius 3 is 3.40 bits per heavy atom. The molecule has 1 aliphatic rings. The lowest BCUT2D eigenvalue weighted by molar-refractivity contribution is -0.119. The highest BCUT2D eigenvalue weighted by Gasteiger charge is 2.20. The van der Waals surface area contributed by atoms with Crippen molar-refractivity contribution < 1.29 is 4.79 Å². The van der Waals surface area contributed by atoms with E-state index in [1.54, 1.807) is 6.20 Å². The number of carbonyl (C=O) groups excluding carboxylic acids is 1. The summed E-state index contributed by atoms with van der Waals surface area (Å²) in [7, 11) is 0. The SMILES string of the molecule is CCNC(=O)CN1CCCc2[nH]ncc21. The van der Waals surface area contributed by atoms with Gasteiger partial charge in [-0.2, -0.15) is 5.10 Å². The molecule has 0 aromatic carbocycles. The monoisotopic (exact) mass is 208 g/mol. The van der Waals surface area contributed by atoms with E-state index >= 15 is 0 Å². The number of fused-ring (bicyclic) bond motifs is 1. The Labute approximate surface area is 88.8 Å². The molecule has 1 aromatic rings. The maximum atomic E-state index is 11.5. The van der Waals surface area contributed by atoms with Crippen molar-refractivity contribution >= 4 is 11.6 Å². The molecule has 0 aliphatic carbocycles. The van der Waals surface area contributed by atoms with Crippen LogP contribution in [0, 0.1) is 0 Å². The fourth-order valence-electron chi connectivity index (χ4n) is 1.92. The average molecular weight is 208 g/mol. The summed E-state index contributed by atoms with van der Waals surface area (Å²) in [6.07, 6.45) is 3.91. The number of anilines is 1. The lowest BCUT2D eigenvalue weighted by Gasteiger charge is -2.27. The molecule has 1 aromatic heterocycles. The van der Waals surface area contributed by atoms with E-state index in [-0.39, 0.29) is 5.91 Å². The first-order chi connectivity index (χ1) is 7.31. The Hall–Kier alpha value is -1.52. The van der Waals surface area contributed by atoms with Crippen molar-refractivity contribution in [1.82, 2.24) is 15.5 Å². The minimum Gasteiger partial charge on any atom is -0.359 e. The lowest BCUT2D eigenvalue weighted by atomic mass is 10.1. The third kappa shape index (κ3) is 2.11. The number of carbonyl (C=O) groups is 1. The van der Waals surface area contributed by atoms with E-state index < -0.39 is 0 Å². The van der Waals surface area contributed by atoms with Gasteiger partial charge in [-0.1, -0.05) is 0 Å². The van der Waals surface area contributed by atoms with Crippen LogP contribution in [0.4, 0.5) is 5.69 Å². The average Bonchev–Trinajstić information content (AvgIpc) is 2.67. The zero-order valence-electron chi connectivity index (χ0n) is 8.92.